The number of ether oxygens (including phenoxy) is 1. The van der Waals surface area contributed by atoms with Gasteiger partial charge in [0.2, 0.25) is 10.0 Å². The Balaban J connectivity index is 1.82. The van der Waals surface area contributed by atoms with E-state index in [2.05, 4.69) is 10.3 Å². The van der Waals surface area contributed by atoms with Gasteiger partial charge in [0.05, 0.1) is 36.9 Å². The second-order valence-corrected chi connectivity index (χ2v) is 7.72. The van der Waals surface area contributed by atoms with Gasteiger partial charge in [-0.2, -0.15) is 4.31 Å². The minimum atomic E-state index is -3.44. The number of rotatable bonds is 4. The van der Waals surface area contributed by atoms with E-state index in [-0.39, 0.29) is 0 Å². The van der Waals surface area contributed by atoms with Crippen molar-refractivity contribution in [2.24, 2.45) is 10.3 Å². The molecule has 0 amide bonds. The molecule has 126 valence electrons. The first-order chi connectivity index (χ1) is 11.1. The van der Waals surface area contributed by atoms with Gasteiger partial charge in [0.25, 0.3) is 0 Å². The highest BCUT2D eigenvalue weighted by Crippen LogP contribution is 2.27. The van der Waals surface area contributed by atoms with Crippen molar-refractivity contribution in [2.75, 3.05) is 39.4 Å². The molecule has 2 heterocycles. The van der Waals surface area contributed by atoms with E-state index in [0.29, 0.717) is 50.0 Å². The highest BCUT2D eigenvalue weighted by molar-refractivity contribution is 7.89. The summed E-state index contributed by atoms with van der Waals surface area (Å²) in [5.74, 6) is 0. The van der Waals surface area contributed by atoms with E-state index in [1.54, 1.807) is 22.5 Å². The Hall–Kier alpha value is -1.51. The topological polar surface area (TPSA) is 74.6 Å². The van der Waals surface area contributed by atoms with Crippen molar-refractivity contribution >= 4 is 15.7 Å². The van der Waals surface area contributed by atoms with Crippen molar-refractivity contribution in [3.63, 3.8) is 0 Å². The third kappa shape index (κ3) is 3.70. The van der Waals surface area contributed by atoms with Crippen LogP contribution < -0.4 is 0 Å². The van der Waals surface area contributed by atoms with E-state index in [1.807, 2.05) is 11.9 Å². The fourth-order valence-electron chi connectivity index (χ4n) is 2.75. The van der Waals surface area contributed by atoms with Gasteiger partial charge in [-0.3, -0.25) is 5.01 Å². The molecule has 2 fully saturated rings. The van der Waals surface area contributed by atoms with E-state index in [0.717, 1.165) is 18.4 Å². The van der Waals surface area contributed by atoms with Crippen LogP contribution in [-0.4, -0.2) is 57.1 Å². The molecule has 0 aliphatic carbocycles. The highest BCUT2D eigenvalue weighted by Gasteiger charge is 2.28. The van der Waals surface area contributed by atoms with Gasteiger partial charge in [0.15, 0.2) is 0 Å². The van der Waals surface area contributed by atoms with Gasteiger partial charge in [-0.15, -0.1) is 5.11 Å². The molecule has 3 rings (SSSR count). The molecule has 0 radical (unpaired) electrons. The van der Waals surface area contributed by atoms with Crippen molar-refractivity contribution in [2.45, 2.75) is 24.7 Å². The van der Waals surface area contributed by atoms with Gasteiger partial charge in [0.1, 0.15) is 0 Å². The summed E-state index contributed by atoms with van der Waals surface area (Å²) >= 11 is 0. The summed E-state index contributed by atoms with van der Waals surface area (Å²) in [5.41, 5.74) is 1.29. The Kier molecular flexibility index (Phi) is 4.93. The van der Waals surface area contributed by atoms with Crippen molar-refractivity contribution < 1.29 is 13.2 Å². The molecule has 2 aliphatic heterocycles. The Labute approximate surface area is 137 Å². The summed E-state index contributed by atoms with van der Waals surface area (Å²) < 4.78 is 32.3. The van der Waals surface area contributed by atoms with Crippen LogP contribution in [0.4, 0.5) is 5.69 Å². The summed E-state index contributed by atoms with van der Waals surface area (Å²) in [4.78, 5) is 0.331. The van der Waals surface area contributed by atoms with Gasteiger partial charge < -0.3 is 4.74 Å². The van der Waals surface area contributed by atoms with Crippen LogP contribution in [0, 0.1) is 6.92 Å². The summed E-state index contributed by atoms with van der Waals surface area (Å²) in [6, 6.07) is 5.20. The van der Waals surface area contributed by atoms with E-state index in [9.17, 15) is 8.42 Å². The van der Waals surface area contributed by atoms with Crippen molar-refractivity contribution in [1.82, 2.24) is 9.31 Å². The standard InChI is InChI=1S/C15H22N4O3S/c1-13-4-5-14(16-17-18-8-10-22-11-9-18)12-15(13)23(20,21)19-6-2-3-7-19/h4-5,12H,2-3,6-11H2,1H3. The van der Waals surface area contributed by atoms with Crippen LogP contribution in [0.2, 0.25) is 0 Å². The first-order valence-electron chi connectivity index (χ1n) is 7.92. The molecule has 0 aromatic heterocycles. The molecule has 2 aliphatic rings. The smallest absolute Gasteiger partial charge is 0.243 e. The first-order valence-corrected chi connectivity index (χ1v) is 9.36. The molecule has 0 unspecified atom stereocenters. The predicted octanol–water partition coefficient (Wildman–Crippen LogP) is 2.11. The zero-order chi connectivity index (χ0) is 16.3. The van der Waals surface area contributed by atoms with Crippen LogP contribution in [-0.2, 0) is 14.8 Å². The number of nitrogens with zero attached hydrogens (tertiary/aromatic N) is 4. The van der Waals surface area contributed by atoms with Crippen LogP contribution in [0.25, 0.3) is 0 Å². The average molecular weight is 338 g/mol. The molecule has 0 bridgehead atoms. The average Bonchev–Trinajstić information content (AvgIpc) is 3.10. The van der Waals surface area contributed by atoms with Gasteiger partial charge in [0, 0.05) is 13.1 Å². The van der Waals surface area contributed by atoms with E-state index in [4.69, 9.17) is 4.74 Å². The van der Waals surface area contributed by atoms with Gasteiger partial charge in [-0.25, -0.2) is 8.42 Å². The van der Waals surface area contributed by atoms with Crippen LogP contribution in [0.1, 0.15) is 18.4 Å². The quantitative estimate of drug-likeness (QED) is 0.788. The number of hydrogen-bond acceptors (Lipinski definition) is 5. The number of aryl methyl sites for hydroxylation is 1. The lowest BCUT2D eigenvalue weighted by atomic mass is 10.2. The monoisotopic (exact) mass is 338 g/mol. The molecule has 8 heteroatoms. The highest BCUT2D eigenvalue weighted by atomic mass is 32.2. The minimum absolute atomic E-state index is 0.331. The lowest BCUT2D eigenvalue weighted by molar-refractivity contribution is 0.0353. The zero-order valence-electron chi connectivity index (χ0n) is 13.3. The van der Waals surface area contributed by atoms with Crippen LogP contribution in [0.5, 0.6) is 0 Å². The molecule has 0 atom stereocenters. The normalized spacial score (nSPS) is 20.5. The Bertz CT molecular complexity index is 678. The minimum Gasteiger partial charge on any atom is -0.378 e. The maximum atomic E-state index is 12.7. The molecule has 1 aromatic carbocycles. The maximum Gasteiger partial charge on any atom is 0.243 e. The third-order valence-electron chi connectivity index (χ3n) is 4.13. The lowest BCUT2D eigenvalue weighted by Gasteiger charge is -2.22. The van der Waals surface area contributed by atoms with Crippen molar-refractivity contribution in [1.29, 1.82) is 0 Å². The second-order valence-electron chi connectivity index (χ2n) is 5.82. The molecule has 0 spiro atoms. The first kappa shape index (κ1) is 16.4. The fourth-order valence-corrected chi connectivity index (χ4v) is 4.52. The SMILES string of the molecule is Cc1ccc(N=NN2CCOCC2)cc1S(=O)(=O)N1CCCC1. The van der Waals surface area contributed by atoms with Gasteiger partial charge in [-0.1, -0.05) is 11.3 Å². The van der Waals surface area contributed by atoms with E-state index >= 15 is 0 Å². The van der Waals surface area contributed by atoms with Crippen LogP contribution in [0.15, 0.2) is 33.4 Å². The molecule has 0 saturated carbocycles. The molecular weight excluding hydrogens is 316 g/mol. The summed E-state index contributed by atoms with van der Waals surface area (Å²) in [6.07, 6.45) is 1.85. The number of sulfonamides is 1. The maximum absolute atomic E-state index is 12.7. The fraction of sp³-hybridized carbons (Fsp3) is 0.600. The molecule has 1 aromatic rings. The third-order valence-corrected chi connectivity index (χ3v) is 6.17. The van der Waals surface area contributed by atoms with Gasteiger partial charge >= 0.3 is 0 Å². The van der Waals surface area contributed by atoms with Crippen LogP contribution in [0.3, 0.4) is 0 Å². The summed E-state index contributed by atoms with van der Waals surface area (Å²) in [6.45, 7) is 5.69. The zero-order valence-corrected chi connectivity index (χ0v) is 14.1. The molecule has 23 heavy (non-hydrogen) atoms. The van der Waals surface area contributed by atoms with E-state index < -0.39 is 10.0 Å². The Morgan fingerprint density at radius 3 is 2.48 bits per heavy atom. The second kappa shape index (κ2) is 6.94. The molecule has 0 N–H and O–H groups in total. The summed E-state index contributed by atoms with van der Waals surface area (Å²) in [5, 5.41) is 10.2. The Morgan fingerprint density at radius 1 is 1.09 bits per heavy atom. The van der Waals surface area contributed by atoms with Crippen molar-refractivity contribution in [3.8, 4) is 0 Å². The van der Waals surface area contributed by atoms with Crippen molar-refractivity contribution in [3.05, 3.63) is 23.8 Å². The molecule has 7 nitrogen and oxygen atoms in total. The molecule has 2 saturated heterocycles. The lowest BCUT2D eigenvalue weighted by Crippen LogP contribution is -2.31. The van der Waals surface area contributed by atoms with E-state index in [1.165, 1.54) is 0 Å². The van der Waals surface area contributed by atoms with Gasteiger partial charge in [-0.05, 0) is 37.5 Å². The number of benzene rings is 1. The Morgan fingerprint density at radius 2 is 1.78 bits per heavy atom. The number of morpholine rings is 1. The number of hydrogen-bond donors (Lipinski definition) is 0. The van der Waals surface area contributed by atoms with Crippen LogP contribution >= 0.6 is 0 Å². The predicted molar refractivity (Wildman–Crippen MR) is 86.1 cm³/mol. The summed E-state index contributed by atoms with van der Waals surface area (Å²) in [7, 11) is -3.44. The largest absolute Gasteiger partial charge is 0.378 e. The molecular formula is C15H22N4O3S.